The average Bonchev–Trinajstić information content (AvgIpc) is 3.11. The van der Waals surface area contributed by atoms with E-state index in [-0.39, 0.29) is 30.9 Å². The van der Waals surface area contributed by atoms with Crippen molar-refractivity contribution in [2.24, 2.45) is 0 Å². The highest BCUT2D eigenvalue weighted by Crippen LogP contribution is 2.39. The Morgan fingerprint density at radius 3 is 2.62 bits per heavy atom. The van der Waals surface area contributed by atoms with Gasteiger partial charge in [-0.15, -0.1) is 0 Å². The van der Waals surface area contributed by atoms with Gasteiger partial charge in [0, 0.05) is 23.0 Å². The van der Waals surface area contributed by atoms with Gasteiger partial charge in [-0.2, -0.15) is 0 Å². The molecule has 0 unspecified atom stereocenters. The Morgan fingerprint density at radius 2 is 1.83 bits per heavy atom. The van der Waals surface area contributed by atoms with Gasteiger partial charge in [0.15, 0.2) is 0 Å². The van der Waals surface area contributed by atoms with Crippen LogP contribution in [0.4, 0.5) is 0 Å². The van der Waals surface area contributed by atoms with Gasteiger partial charge in [-0.3, -0.25) is 9.59 Å². The Bertz CT molecular complexity index is 1090. The van der Waals surface area contributed by atoms with E-state index in [2.05, 4.69) is 11.1 Å². The summed E-state index contributed by atoms with van der Waals surface area (Å²) in [6.45, 7) is 2.09. The highest BCUT2D eigenvalue weighted by molar-refractivity contribution is 5.97. The van der Waals surface area contributed by atoms with Gasteiger partial charge in [0.05, 0.1) is 25.2 Å². The molecule has 0 aliphatic carbocycles. The van der Waals surface area contributed by atoms with Crippen molar-refractivity contribution in [3.05, 3.63) is 71.4 Å². The molecule has 1 aromatic heterocycles. The molecule has 0 radical (unpaired) electrons. The van der Waals surface area contributed by atoms with Crippen LogP contribution in [0.15, 0.2) is 54.6 Å². The fourth-order valence-electron chi connectivity index (χ4n) is 4.77. The molecular formula is C23H23N3O3. The molecule has 148 valence electrons. The van der Waals surface area contributed by atoms with Gasteiger partial charge in [-0.25, -0.2) is 0 Å². The minimum absolute atomic E-state index is 0.000864. The van der Waals surface area contributed by atoms with Crippen molar-refractivity contribution in [2.75, 3.05) is 13.1 Å². The number of hydrogen-bond donors (Lipinski definition) is 2. The molecule has 2 amide bonds. The van der Waals surface area contributed by atoms with Crippen molar-refractivity contribution in [3.8, 4) is 0 Å². The number of aromatic amines is 1. The summed E-state index contributed by atoms with van der Waals surface area (Å²) >= 11 is 0. The average molecular weight is 389 g/mol. The van der Waals surface area contributed by atoms with Crippen LogP contribution >= 0.6 is 0 Å². The summed E-state index contributed by atoms with van der Waals surface area (Å²) in [6, 6.07) is 16.6. The number of para-hydroxylation sites is 1. The highest BCUT2D eigenvalue weighted by atomic mass is 16.3. The number of carbonyl (C=O) groups excluding carboxylic acids is 2. The number of amides is 2. The van der Waals surface area contributed by atoms with E-state index >= 15 is 0 Å². The molecule has 2 aliphatic heterocycles. The lowest BCUT2D eigenvalue weighted by atomic mass is 9.89. The van der Waals surface area contributed by atoms with Crippen LogP contribution in [-0.2, 0) is 16.0 Å². The maximum atomic E-state index is 13.3. The number of H-pyrrole nitrogens is 1. The van der Waals surface area contributed by atoms with Gasteiger partial charge in [0.2, 0.25) is 11.8 Å². The molecule has 3 aromatic rings. The van der Waals surface area contributed by atoms with Crippen LogP contribution in [0.1, 0.15) is 35.9 Å². The van der Waals surface area contributed by atoms with Crippen molar-refractivity contribution in [2.45, 2.75) is 31.5 Å². The monoisotopic (exact) mass is 389 g/mol. The molecule has 2 N–H and O–H groups in total. The molecule has 2 aromatic carbocycles. The number of β-amino-alcohol motifs (C(OH)–C–C–N with tert-alkyl or cyclic N) is 1. The van der Waals surface area contributed by atoms with Crippen LogP contribution in [0.2, 0.25) is 0 Å². The first-order chi connectivity index (χ1) is 14.0. The van der Waals surface area contributed by atoms with Gasteiger partial charge < -0.3 is 19.9 Å². The van der Waals surface area contributed by atoms with Crippen LogP contribution in [0, 0.1) is 0 Å². The second-order valence-corrected chi connectivity index (χ2v) is 7.90. The summed E-state index contributed by atoms with van der Waals surface area (Å²) in [5, 5.41) is 11.7. The van der Waals surface area contributed by atoms with Gasteiger partial charge in [-0.05, 0) is 24.1 Å². The Kier molecular flexibility index (Phi) is 4.17. The number of aromatic nitrogens is 1. The summed E-state index contributed by atoms with van der Waals surface area (Å²) in [6.07, 6.45) is -0.323. The lowest BCUT2D eigenvalue weighted by Crippen LogP contribution is -2.62. The molecule has 6 nitrogen and oxygen atoms in total. The number of nitrogens with one attached hydrogen (secondary N) is 1. The predicted octanol–water partition coefficient (Wildman–Crippen LogP) is 2.56. The van der Waals surface area contributed by atoms with E-state index in [0.29, 0.717) is 6.42 Å². The van der Waals surface area contributed by atoms with Gasteiger partial charge in [-0.1, -0.05) is 48.5 Å². The number of rotatable bonds is 3. The third kappa shape index (κ3) is 2.83. The number of piperazine rings is 1. The maximum absolute atomic E-state index is 13.3. The van der Waals surface area contributed by atoms with Crippen molar-refractivity contribution in [1.82, 2.24) is 14.8 Å². The lowest BCUT2D eigenvalue weighted by molar-refractivity contribution is -0.160. The van der Waals surface area contributed by atoms with E-state index in [1.54, 1.807) is 4.90 Å². The summed E-state index contributed by atoms with van der Waals surface area (Å²) in [5.41, 5.74) is 3.90. The van der Waals surface area contributed by atoms with E-state index in [0.717, 1.165) is 27.7 Å². The largest absolute Gasteiger partial charge is 0.387 e. The molecule has 0 bridgehead atoms. The summed E-state index contributed by atoms with van der Waals surface area (Å²) < 4.78 is 0. The zero-order chi connectivity index (χ0) is 20.1. The van der Waals surface area contributed by atoms with Crippen LogP contribution in [-0.4, -0.2) is 50.8 Å². The van der Waals surface area contributed by atoms with Crippen molar-refractivity contribution >= 4 is 22.7 Å². The van der Waals surface area contributed by atoms with E-state index in [1.807, 2.05) is 55.5 Å². The number of carbonyl (C=O) groups is 2. The van der Waals surface area contributed by atoms with Gasteiger partial charge >= 0.3 is 0 Å². The van der Waals surface area contributed by atoms with E-state index in [4.69, 9.17) is 0 Å². The van der Waals surface area contributed by atoms with Gasteiger partial charge in [0.1, 0.15) is 6.04 Å². The Morgan fingerprint density at radius 1 is 1.10 bits per heavy atom. The first-order valence-corrected chi connectivity index (χ1v) is 9.97. The summed E-state index contributed by atoms with van der Waals surface area (Å²) in [7, 11) is 0. The number of nitrogens with zero attached hydrogens (tertiary/aromatic N) is 2. The summed E-state index contributed by atoms with van der Waals surface area (Å²) in [4.78, 5) is 32.9. The summed E-state index contributed by atoms with van der Waals surface area (Å²) in [5.74, 6) is -0.172. The molecule has 1 fully saturated rings. The Labute approximate surface area is 168 Å². The maximum Gasteiger partial charge on any atom is 0.246 e. The fourth-order valence-corrected chi connectivity index (χ4v) is 4.77. The SMILES string of the molecule is C[C@H]1c2[nH]c3ccccc3c2C[C@H]2C(=O)N(C[C@@H](O)c3ccccc3)CC(=O)N21. The number of aliphatic hydroxyl groups is 1. The van der Waals surface area contributed by atoms with Crippen LogP contribution < -0.4 is 0 Å². The van der Waals surface area contributed by atoms with E-state index in [1.165, 1.54) is 4.90 Å². The Hall–Kier alpha value is -3.12. The number of benzene rings is 2. The topological polar surface area (TPSA) is 76.6 Å². The second kappa shape index (κ2) is 6.74. The third-order valence-corrected chi connectivity index (χ3v) is 6.20. The molecule has 29 heavy (non-hydrogen) atoms. The van der Waals surface area contributed by atoms with Crippen LogP contribution in [0.3, 0.4) is 0 Å². The third-order valence-electron chi connectivity index (χ3n) is 6.20. The normalized spacial score (nSPS) is 22.6. The standard InChI is InChI=1S/C23H23N3O3/c1-14-22-17(16-9-5-6-10-18(16)24-22)11-19-23(29)25(13-21(28)26(14)19)12-20(27)15-7-3-2-4-8-15/h2-10,14,19-20,24,27H,11-13H2,1H3/t14-,19-,20+/m0/s1. The molecule has 0 spiro atoms. The molecule has 5 rings (SSSR count). The van der Waals surface area contributed by atoms with E-state index < -0.39 is 12.1 Å². The van der Waals surface area contributed by atoms with Crippen molar-refractivity contribution < 1.29 is 14.7 Å². The lowest BCUT2D eigenvalue weighted by Gasteiger charge is -2.46. The van der Waals surface area contributed by atoms with Crippen molar-refractivity contribution in [3.63, 3.8) is 0 Å². The molecule has 6 heteroatoms. The van der Waals surface area contributed by atoms with E-state index in [9.17, 15) is 14.7 Å². The highest BCUT2D eigenvalue weighted by Gasteiger charge is 2.46. The zero-order valence-corrected chi connectivity index (χ0v) is 16.2. The van der Waals surface area contributed by atoms with Crippen molar-refractivity contribution in [1.29, 1.82) is 0 Å². The Balaban J connectivity index is 1.45. The molecule has 0 saturated carbocycles. The first kappa shape index (κ1) is 17.9. The molecule has 3 heterocycles. The minimum Gasteiger partial charge on any atom is -0.387 e. The predicted molar refractivity (Wildman–Crippen MR) is 109 cm³/mol. The first-order valence-electron chi connectivity index (χ1n) is 9.97. The molecule has 3 atom stereocenters. The molecule has 2 aliphatic rings. The quantitative estimate of drug-likeness (QED) is 0.723. The van der Waals surface area contributed by atoms with Crippen LogP contribution in [0.25, 0.3) is 10.9 Å². The number of fused-ring (bicyclic) bond motifs is 4. The molecule has 1 saturated heterocycles. The fraction of sp³-hybridized carbons (Fsp3) is 0.304. The zero-order valence-electron chi connectivity index (χ0n) is 16.2. The van der Waals surface area contributed by atoms with Gasteiger partial charge in [0.25, 0.3) is 0 Å². The second-order valence-electron chi connectivity index (χ2n) is 7.90. The molecular weight excluding hydrogens is 366 g/mol. The minimum atomic E-state index is -0.816. The van der Waals surface area contributed by atoms with Crippen LogP contribution in [0.5, 0.6) is 0 Å². The smallest absolute Gasteiger partial charge is 0.246 e. The number of hydrogen-bond acceptors (Lipinski definition) is 3. The number of aliphatic hydroxyl groups excluding tert-OH is 1.